The van der Waals surface area contributed by atoms with Crippen LogP contribution in [0.5, 0.6) is 5.75 Å². The zero-order chi connectivity index (χ0) is 13.7. The average Bonchev–Trinajstić information content (AvgIpc) is 2.31. The van der Waals surface area contributed by atoms with E-state index in [4.69, 9.17) is 9.84 Å². The normalized spacial score (nSPS) is 11.7. The smallest absolute Gasteiger partial charge is 0.335 e. The number of hydrogen-bond acceptors (Lipinski definition) is 3. The zero-order valence-electron chi connectivity index (χ0n) is 10.1. The van der Waals surface area contributed by atoms with Crippen LogP contribution in [-0.4, -0.2) is 29.6 Å². The maximum atomic E-state index is 11.5. The van der Waals surface area contributed by atoms with Crippen LogP contribution < -0.4 is 10.1 Å². The van der Waals surface area contributed by atoms with Gasteiger partial charge in [-0.15, -0.1) is 0 Å². The Labute approximate surface area is 119 Å². The van der Waals surface area contributed by atoms with Gasteiger partial charge in [-0.05, 0) is 54.6 Å². The molecule has 2 N–H and O–H groups in total. The first kappa shape index (κ1) is 14.7. The van der Waals surface area contributed by atoms with Gasteiger partial charge in [0, 0.05) is 6.54 Å². The lowest BCUT2D eigenvalue weighted by Gasteiger charge is -2.15. The quantitative estimate of drug-likeness (QED) is 0.784. The molecule has 6 heteroatoms. The van der Waals surface area contributed by atoms with Crippen LogP contribution in [0.1, 0.15) is 24.2 Å². The maximum absolute atomic E-state index is 11.5. The number of amides is 1. The third kappa shape index (κ3) is 3.86. The Morgan fingerprint density at radius 2 is 2.17 bits per heavy atom. The summed E-state index contributed by atoms with van der Waals surface area (Å²) < 4.78 is 6.23. The molecular formula is C12H14INO4. The highest BCUT2D eigenvalue weighted by atomic mass is 127. The number of benzene rings is 1. The van der Waals surface area contributed by atoms with Crippen LogP contribution in [0.3, 0.4) is 0 Å². The Bertz CT molecular complexity index is 461. The highest BCUT2D eigenvalue weighted by Gasteiger charge is 2.16. The zero-order valence-corrected chi connectivity index (χ0v) is 12.2. The number of nitrogens with one attached hydrogen (secondary N) is 1. The Balaban J connectivity index is 2.86. The van der Waals surface area contributed by atoms with Gasteiger partial charge in [0.15, 0.2) is 6.10 Å². The molecule has 0 saturated heterocycles. The van der Waals surface area contributed by atoms with Gasteiger partial charge in [0.05, 0.1) is 9.13 Å². The van der Waals surface area contributed by atoms with Crippen molar-refractivity contribution in [3.8, 4) is 5.75 Å². The Kier molecular flexibility index (Phi) is 5.39. The summed E-state index contributed by atoms with van der Waals surface area (Å²) in [6.07, 6.45) is -0.664. The third-order valence-electron chi connectivity index (χ3n) is 2.20. The fraction of sp³-hybridized carbons (Fsp3) is 0.333. The summed E-state index contributed by atoms with van der Waals surface area (Å²) in [5.41, 5.74) is 0.133. The van der Waals surface area contributed by atoms with Gasteiger partial charge < -0.3 is 15.2 Å². The molecule has 0 radical (unpaired) electrons. The molecule has 0 spiro atoms. The Morgan fingerprint density at radius 1 is 1.50 bits per heavy atom. The predicted octanol–water partition coefficient (Wildman–Crippen LogP) is 1.89. The SMILES string of the molecule is CCNC(=O)C(C)Oc1cc(C(=O)O)ccc1I. The van der Waals surface area contributed by atoms with Crippen molar-refractivity contribution in [1.82, 2.24) is 5.32 Å². The van der Waals surface area contributed by atoms with Gasteiger partial charge >= 0.3 is 5.97 Å². The summed E-state index contributed by atoms with van der Waals surface area (Å²) in [5, 5.41) is 11.5. The third-order valence-corrected chi connectivity index (χ3v) is 3.09. The van der Waals surface area contributed by atoms with Crippen LogP contribution >= 0.6 is 22.6 Å². The summed E-state index contributed by atoms with van der Waals surface area (Å²) in [6, 6.07) is 4.55. The summed E-state index contributed by atoms with van der Waals surface area (Å²) in [7, 11) is 0. The maximum Gasteiger partial charge on any atom is 0.335 e. The molecule has 1 aromatic carbocycles. The van der Waals surface area contributed by atoms with Gasteiger partial charge in [0.1, 0.15) is 5.75 Å². The summed E-state index contributed by atoms with van der Waals surface area (Å²) >= 11 is 2.03. The van der Waals surface area contributed by atoms with E-state index in [1.807, 2.05) is 29.5 Å². The van der Waals surface area contributed by atoms with Crippen molar-refractivity contribution in [2.24, 2.45) is 0 Å². The minimum absolute atomic E-state index is 0.133. The molecule has 0 aliphatic rings. The molecule has 18 heavy (non-hydrogen) atoms. The minimum Gasteiger partial charge on any atom is -0.480 e. The van der Waals surface area contributed by atoms with Gasteiger partial charge in [-0.25, -0.2) is 4.79 Å². The molecule has 0 saturated carbocycles. The van der Waals surface area contributed by atoms with Gasteiger partial charge in [-0.2, -0.15) is 0 Å². The van der Waals surface area contributed by atoms with Gasteiger partial charge in [0.2, 0.25) is 0 Å². The van der Waals surface area contributed by atoms with Crippen molar-refractivity contribution >= 4 is 34.5 Å². The second-order valence-electron chi connectivity index (χ2n) is 3.61. The molecule has 1 atom stereocenters. The van der Waals surface area contributed by atoms with Crippen LogP contribution in [-0.2, 0) is 4.79 Å². The Morgan fingerprint density at radius 3 is 2.72 bits per heavy atom. The number of rotatable bonds is 5. The second-order valence-corrected chi connectivity index (χ2v) is 4.77. The molecule has 0 aromatic heterocycles. The van der Waals surface area contributed by atoms with Crippen LogP contribution in [0.25, 0.3) is 0 Å². The van der Waals surface area contributed by atoms with Gasteiger partial charge in [-0.1, -0.05) is 0 Å². The Hall–Kier alpha value is -1.31. The first-order valence-corrected chi connectivity index (χ1v) is 6.50. The first-order valence-electron chi connectivity index (χ1n) is 5.43. The standard InChI is InChI=1S/C12H14INO4/c1-3-14-11(15)7(2)18-10-6-8(12(16)17)4-5-9(10)13/h4-7H,3H2,1-2H3,(H,14,15)(H,16,17). The molecule has 1 rings (SSSR count). The number of halogens is 1. The van der Waals surface area contributed by atoms with Crippen molar-refractivity contribution in [2.45, 2.75) is 20.0 Å². The number of ether oxygens (including phenoxy) is 1. The van der Waals surface area contributed by atoms with Crippen LogP contribution in [0.15, 0.2) is 18.2 Å². The summed E-state index contributed by atoms with van der Waals surface area (Å²) in [5.74, 6) is -0.856. The van der Waals surface area contributed by atoms with E-state index in [0.29, 0.717) is 12.3 Å². The topological polar surface area (TPSA) is 75.6 Å². The fourth-order valence-corrected chi connectivity index (χ4v) is 1.75. The van der Waals surface area contributed by atoms with E-state index in [9.17, 15) is 9.59 Å². The number of carbonyl (C=O) groups is 2. The van der Waals surface area contributed by atoms with Crippen LogP contribution in [0.4, 0.5) is 0 Å². The van der Waals surface area contributed by atoms with Gasteiger partial charge in [0.25, 0.3) is 5.91 Å². The van der Waals surface area contributed by atoms with E-state index in [2.05, 4.69) is 5.32 Å². The number of carbonyl (C=O) groups excluding carboxylic acids is 1. The largest absolute Gasteiger partial charge is 0.480 e. The molecule has 0 fully saturated rings. The van der Waals surface area contributed by atoms with Crippen molar-refractivity contribution in [1.29, 1.82) is 0 Å². The lowest BCUT2D eigenvalue weighted by Crippen LogP contribution is -2.36. The molecule has 1 unspecified atom stereocenters. The monoisotopic (exact) mass is 363 g/mol. The number of carboxylic acids is 1. The summed E-state index contributed by atoms with van der Waals surface area (Å²) in [4.78, 5) is 22.4. The molecule has 0 heterocycles. The molecule has 0 bridgehead atoms. The number of carboxylic acid groups (broad SMARTS) is 1. The second kappa shape index (κ2) is 6.58. The summed E-state index contributed by atoms with van der Waals surface area (Å²) in [6.45, 7) is 3.97. The highest BCUT2D eigenvalue weighted by Crippen LogP contribution is 2.23. The first-order chi connectivity index (χ1) is 8.45. The highest BCUT2D eigenvalue weighted by molar-refractivity contribution is 14.1. The van der Waals surface area contributed by atoms with Crippen molar-refractivity contribution in [3.63, 3.8) is 0 Å². The van der Waals surface area contributed by atoms with Crippen LogP contribution in [0, 0.1) is 3.57 Å². The van der Waals surface area contributed by atoms with Crippen molar-refractivity contribution in [3.05, 3.63) is 27.3 Å². The number of hydrogen-bond donors (Lipinski definition) is 2. The molecule has 98 valence electrons. The number of likely N-dealkylation sites (N-methyl/N-ethyl adjacent to an activating group) is 1. The van der Waals surface area contributed by atoms with E-state index in [1.165, 1.54) is 12.1 Å². The molecule has 0 aliphatic heterocycles. The molecular weight excluding hydrogens is 349 g/mol. The van der Waals surface area contributed by atoms with Gasteiger partial charge in [-0.3, -0.25) is 4.79 Å². The lowest BCUT2D eigenvalue weighted by molar-refractivity contribution is -0.127. The van der Waals surface area contributed by atoms with Crippen molar-refractivity contribution < 1.29 is 19.4 Å². The lowest BCUT2D eigenvalue weighted by atomic mass is 10.2. The minimum atomic E-state index is -1.03. The average molecular weight is 363 g/mol. The van der Waals surface area contributed by atoms with E-state index < -0.39 is 12.1 Å². The molecule has 1 amide bonds. The van der Waals surface area contributed by atoms with E-state index in [-0.39, 0.29) is 11.5 Å². The molecule has 0 aliphatic carbocycles. The van der Waals surface area contributed by atoms with Crippen LogP contribution in [0.2, 0.25) is 0 Å². The van der Waals surface area contributed by atoms with Crippen molar-refractivity contribution in [2.75, 3.05) is 6.54 Å². The predicted molar refractivity (Wildman–Crippen MR) is 74.9 cm³/mol. The number of aromatic carboxylic acids is 1. The molecule has 5 nitrogen and oxygen atoms in total. The van der Waals surface area contributed by atoms with E-state index in [1.54, 1.807) is 13.0 Å². The fourth-order valence-electron chi connectivity index (χ4n) is 1.29. The van der Waals surface area contributed by atoms with E-state index in [0.717, 1.165) is 3.57 Å². The van der Waals surface area contributed by atoms with E-state index >= 15 is 0 Å². The molecule has 1 aromatic rings.